The molecule has 5 nitrogen and oxygen atoms in total. The van der Waals surface area contributed by atoms with Crippen LogP contribution in [-0.4, -0.2) is 27.2 Å². The molecule has 1 amide bonds. The smallest absolute Gasteiger partial charge is 0.352 e. The lowest BCUT2D eigenvalue weighted by Crippen LogP contribution is -2.26. The molecular formula is C21H21F3N4O. The minimum absolute atomic E-state index is 0.0372. The van der Waals surface area contributed by atoms with Crippen LogP contribution in [0, 0.1) is 0 Å². The van der Waals surface area contributed by atoms with Gasteiger partial charge in [-0.15, -0.1) is 0 Å². The van der Waals surface area contributed by atoms with Crippen LogP contribution in [0.15, 0.2) is 54.9 Å². The summed E-state index contributed by atoms with van der Waals surface area (Å²) in [6.07, 6.45) is -0.759. The lowest BCUT2D eigenvalue weighted by molar-refractivity contribution is -0.137. The summed E-state index contributed by atoms with van der Waals surface area (Å²) in [5.74, 6) is 0.387. The molecule has 0 atom stereocenters. The van der Waals surface area contributed by atoms with Crippen LogP contribution in [0.1, 0.15) is 46.9 Å². The number of benzene rings is 1. The van der Waals surface area contributed by atoms with Crippen molar-refractivity contribution in [3.05, 3.63) is 77.2 Å². The second-order valence-corrected chi connectivity index (χ2v) is 6.90. The molecule has 1 aromatic carbocycles. The summed E-state index contributed by atoms with van der Waals surface area (Å²) in [5, 5.41) is 7.13. The van der Waals surface area contributed by atoms with Crippen LogP contribution in [-0.2, 0) is 12.6 Å². The van der Waals surface area contributed by atoms with Crippen LogP contribution in [0.4, 0.5) is 13.2 Å². The fraction of sp³-hybridized carbons (Fsp3) is 0.286. The molecule has 3 rings (SSSR count). The highest BCUT2D eigenvalue weighted by Gasteiger charge is 2.29. The van der Waals surface area contributed by atoms with Gasteiger partial charge < -0.3 is 5.32 Å². The van der Waals surface area contributed by atoms with Crippen LogP contribution >= 0.6 is 0 Å². The summed E-state index contributed by atoms with van der Waals surface area (Å²) >= 11 is 0. The Bertz CT molecular complexity index is 964. The molecule has 1 N–H and O–H groups in total. The first-order valence-electron chi connectivity index (χ1n) is 9.21. The monoisotopic (exact) mass is 402 g/mol. The number of aromatic nitrogens is 3. The van der Waals surface area contributed by atoms with Crippen molar-refractivity contribution in [2.24, 2.45) is 0 Å². The molecule has 3 aromatic rings. The van der Waals surface area contributed by atoms with E-state index in [0.717, 1.165) is 17.8 Å². The van der Waals surface area contributed by atoms with Gasteiger partial charge in [-0.3, -0.25) is 4.79 Å². The zero-order chi connectivity index (χ0) is 21.0. The minimum atomic E-state index is -4.35. The average Bonchev–Trinajstić information content (AvgIpc) is 3.14. The molecule has 0 aliphatic rings. The number of hydrogen-bond acceptors (Lipinski definition) is 3. The van der Waals surface area contributed by atoms with Crippen molar-refractivity contribution in [3.8, 4) is 5.82 Å². The van der Waals surface area contributed by atoms with E-state index in [1.54, 1.807) is 16.9 Å². The molecule has 8 heteroatoms. The highest BCUT2D eigenvalue weighted by molar-refractivity contribution is 5.95. The number of amides is 1. The van der Waals surface area contributed by atoms with Gasteiger partial charge in [0.1, 0.15) is 0 Å². The van der Waals surface area contributed by atoms with Gasteiger partial charge in [-0.1, -0.05) is 32.0 Å². The van der Waals surface area contributed by atoms with Gasteiger partial charge in [0, 0.05) is 12.7 Å². The molecule has 0 saturated heterocycles. The number of nitrogens with one attached hydrogen (secondary N) is 1. The number of halogens is 3. The standard InChI is InChI=1S/C21H21F3N4O/c1-14(2)19-17(13-27-28(19)18-5-3-4-11-25-18)20(29)26-12-10-15-6-8-16(9-7-15)21(22,23)24/h3-9,11,13-14H,10,12H2,1-2H3,(H,26,29). The van der Waals surface area contributed by atoms with E-state index in [4.69, 9.17) is 0 Å². The quantitative estimate of drug-likeness (QED) is 0.666. The van der Waals surface area contributed by atoms with Gasteiger partial charge in [0.15, 0.2) is 5.82 Å². The lowest BCUT2D eigenvalue weighted by atomic mass is 10.0. The van der Waals surface area contributed by atoms with Gasteiger partial charge in [0.25, 0.3) is 5.91 Å². The predicted octanol–water partition coefficient (Wildman–Crippen LogP) is 4.38. The van der Waals surface area contributed by atoms with Crippen molar-refractivity contribution in [2.45, 2.75) is 32.4 Å². The van der Waals surface area contributed by atoms with Crippen molar-refractivity contribution in [1.82, 2.24) is 20.1 Å². The zero-order valence-electron chi connectivity index (χ0n) is 16.1. The molecule has 152 valence electrons. The average molecular weight is 402 g/mol. The Balaban J connectivity index is 1.68. The molecule has 29 heavy (non-hydrogen) atoms. The molecule has 0 aliphatic carbocycles. The molecule has 0 saturated carbocycles. The summed E-state index contributed by atoms with van der Waals surface area (Å²) in [5.41, 5.74) is 1.23. The van der Waals surface area contributed by atoms with Gasteiger partial charge >= 0.3 is 6.18 Å². The van der Waals surface area contributed by atoms with Crippen LogP contribution in [0.25, 0.3) is 5.82 Å². The van der Waals surface area contributed by atoms with Crippen molar-refractivity contribution in [2.75, 3.05) is 6.54 Å². The Morgan fingerprint density at radius 1 is 1.14 bits per heavy atom. The third-order valence-corrected chi connectivity index (χ3v) is 4.44. The maximum absolute atomic E-state index is 12.7. The van der Waals surface area contributed by atoms with Crippen LogP contribution in [0.2, 0.25) is 0 Å². The third kappa shape index (κ3) is 4.82. The van der Waals surface area contributed by atoms with Crippen molar-refractivity contribution < 1.29 is 18.0 Å². The number of hydrogen-bond donors (Lipinski definition) is 1. The number of nitrogens with zero attached hydrogens (tertiary/aromatic N) is 3. The normalized spacial score (nSPS) is 11.7. The van der Waals surface area contributed by atoms with Gasteiger partial charge in [-0.25, -0.2) is 9.67 Å². The van der Waals surface area contributed by atoms with Gasteiger partial charge in [-0.2, -0.15) is 18.3 Å². The van der Waals surface area contributed by atoms with Crippen LogP contribution in [0.5, 0.6) is 0 Å². The molecule has 0 bridgehead atoms. The Morgan fingerprint density at radius 2 is 1.86 bits per heavy atom. The lowest BCUT2D eigenvalue weighted by Gasteiger charge is -2.12. The second-order valence-electron chi connectivity index (χ2n) is 6.90. The summed E-state index contributed by atoms with van der Waals surface area (Å²) in [4.78, 5) is 16.9. The van der Waals surface area contributed by atoms with Crippen molar-refractivity contribution in [3.63, 3.8) is 0 Å². The maximum Gasteiger partial charge on any atom is 0.416 e. The number of pyridine rings is 1. The summed E-state index contributed by atoms with van der Waals surface area (Å²) in [6, 6.07) is 10.4. The molecule has 0 spiro atoms. The predicted molar refractivity (Wildman–Crippen MR) is 103 cm³/mol. The van der Waals surface area contributed by atoms with E-state index in [0.29, 0.717) is 29.9 Å². The highest BCUT2D eigenvalue weighted by atomic mass is 19.4. The Hall–Kier alpha value is -3.16. The van der Waals surface area contributed by atoms with E-state index >= 15 is 0 Å². The van der Waals surface area contributed by atoms with E-state index in [1.807, 2.05) is 26.0 Å². The SMILES string of the molecule is CC(C)c1c(C(=O)NCCc2ccc(C(F)(F)F)cc2)cnn1-c1ccccn1. The number of carbonyl (C=O) groups is 1. The summed E-state index contributed by atoms with van der Waals surface area (Å²) in [6.45, 7) is 4.24. The number of alkyl halides is 3. The summed E-state index contributed by atoms with van der Waals surface area (Å²) in [7, 11) is 0. The molecule has 2 aromatic heterocycles. The number of rotatable bonds is 6. The van der Waals surface area contributed by atoms with Crippen molar-refractivity contribution in [1.29, 1.82) is 0 Å². The maximum atomic E-state index is 12.7. The van der Waals surface area contributed by atoms with E-state index in [9.17, 15) is 18.0 Å². The zero-order valence-corrected chi connectivity index (χ0v) is 16.1. The largest absolute Gasteiger partial charge is 0.416 e. The first-order chi connectivity index (χ1) is 13.8. The Morgan fingerprint density at radius 3 is 2.45 bits per heavy atom. The van der Waals surface area contributed by atoms with Crippen LogP contribution in [0.3, 0.4) is 0 Å². The molecule has 2 heterocycles. The van der Waals surface area contributed by atoms with Crippen molar-refractivity contribution >= 4 is 5.91 Å². The fourth-order valence-electron chi connectivity index (χ4n) is 3.03. The Labute approximate surface area is 166 Å². The topological polar surface area (TPSA) is 59.8 Å². The molecular weight excluding hydrogens is 381 g/mol. The van der Waals surface area contributed by atoms with E-state index < -0.39 is 11.7 Å². The molecule has 0 fully saturated rings. The van der Waals surface area contributed by atoms with E-state index in [1.165, 1.54) is 18.3 Å². The molecule has 0 radical (unpaired) electrons. The molecule has 0 unspecified atom stereocenters. The minimum Gasteiger partial charge on any atom is -0.352 e. The van der Waals surface area contributed by atoms with E-state index in [-0.39, 0.29) is 11.8 Å². The highest BCUT2D eigenvalue weighted by Crippen LogP contribution is 2.29. The van der Waals surface area contributed by atoms with Gasteiger partial charge in [0.2, 0.25) is 0 Å². The first kappa shape index (κ1) is 20.6. The van der Waals surface area contributed by atoms with Gasteiger partial charge in [-0.05, 0) is 42.2 Å². The Kier molecular flexibility index (Phi) is 6.00. The number of carbonyl (C=O) groups excluding carboxylic acids is 1. The second kappa shape index (κ2) is 8.46. The van der Waals surface area contributed by atoms with Crippen LogP contribution < -0.4 is 5.32 Å². The van der Waals surface area contributed by atoms with E-state index in [2.05, 4.69) is 15.4 Å². The third-order valence-electron chi connectivity index (χ3n) is 4.44. The van der Waals surface area contributed by atoms with Gasteiger partial charge in [0.05, 0.1) is 23.0 Å². The fourth-order valence-corrected chi connectivity index (χ4v) is 3.03. The first-order valence-corrected chi connectivity index (χ1v) is 9.21. The summed E-state index contributed by atoms with van der Waals surface area (Å²) < 4.78 is 39.5. The molecule has 0 aliphatic heterocycles.